The summed E-state index contributed by atoms with van der Waals surface area (Å²) in [5.74, 6) is 0. The van der Waals surface area contributed by atoms with Crippen LogP contribution in [-0.4, -0.2) is 9.97 Å². The number of fused-ring (bicyclic) bond motifs is 1. The average molecular weight is 316 g/mol. The molecule has 0 fully saturated rings. The Balaban J connectivity index is 2.08. The first-order chi connectivity index (χ1) is 11.2. The van der Waals surface area contributed by atoms with Crippen molar-refractivity contribution in [1.82, 2.24) is 9.97 Å². The second-order valence-electron chi connectivity index (χ2n) is 5.56. The molecule has 0 amide bonds. The van der Waals surface area contributed by atoms with Crippen molar-refractivity contribution in [2.24, 2.45) is 0 Å². The van der Waals surface area contributed by atoms with E-state index in [4.69, 9.17) is 9.97 Å². The van der Waals surface area contributed by atoms with Gasteiger partial charge in [0.1, 0.15) is 11.0 Å². The lowest BCUT2D eigenvalue weighted by Gasteiger charge is -2.09. The summed E-state index contributed by atoms with van der Waals surface area (Å²) in [5, 5.41) is 0. The Morgan fingerprint density at radius 1 is 0.609 bits per heavy atom. The van der Waals surface area contributed by atoms with E-state index in [0.717, 1.165) is 33.5 Å². The molecule has 0 bridgehead atoms. The van der Waals surface area contributed by atoms with Gasteiger partial charge in [-0.15, -0.1) is 11.3 Å². The molecule has 0 aliphatic heterocycles. The van der Waals surface area contributed by atoms with Crippen LogP contribution >= 0.6 is 11.3 Å². The molecule has 4 rings (SSSR count). The molecule has 0 unspecified atom stereocenters. The molecule has 0 radical (unpaired) electrons. The molecule has 0 aliphatic rings. The molecule has 0 spiro atoms. The Morgan fingerprint density at radius 2 is 1.00 bits per heavy atom. The Kier molecular flexibility index (Phi) is 3.43. The van der Waals surface area contributed by atoms with Crippen molar-refractivity contribution in [1.29, 1.82) is 0 Å². The van der Waals surface area contributed by atoms with Crippen molar-refractivity contribution in [2.75, 3.05) is 0 Å². The fraction of sp³-hybridized carbons (Fsp3) is 0.100. The van der Waals surface area contributed by atoms with Crippen LogP contribution in [-0.2, 0) is 0 Å². The molecule has 2 heterocycles. The Hall–Kier alpha value is -2.52. The van der Waals surface area contributed by atoms with Crippen LogP contribution in [0.25, 0.3) is 33.5 Å². The van der Waals surface area contributed by atoms with Crippen molar-refractivity contribution in [3.05, 3.63) is 70.4 Å². The van der Waals surface area contributed by atoms with Crippen molar-refractivity contribution >= 4 is 22.4 Å². The Labute approximate surface area is 139 Å². The summed E-state index contributed by atoms with van der Waals surface area (Å²) in [5.41, 5.74) is 6.14. The fourth-order valence-corrected chi connectivity index (χ4v) is 3.78. The summed E-state index contributed by atoms with van der Waals surface area (Å²) in [7, 11) is 0. The third-order valence-corrected chi connectivity index (χ3v) is 4.96. The number of rotatable bonds is 2. The van der Waals surface area contributed by atoms with Crippen LogP contribution in [0.4, 0.5) is 0 Å². The zero-order valence-corrected chi connectivity index (χ0v) is 13.9. The molecule has 4 aromatic rings. The van der Waals surface area contributed by atoms with Crippen LogP contribution in [0.2, 0.25) is 0 Å². The summed E-state index contributed by atoms with van der Waals surface area (Å²) < 4.78 is 0. The molecule has 2 nitrogen and oxygen atoms in total. The molecule has 2 aromatic heterocycles. The van der Waals surface area contributed by atoms with E-state index in [0.29, 0.717) is 0 Å². The van der Waals surface area contributed by atoms with Crippen molar-refractivity contribution in [2.45, 2.75) is 13.8 Å². The molecule has 2 aromatic carbocycles. The number of benzene rings is 2. The second-order valence-corrected chi connectivity index (χ2v) is 6.99. The summed E-state index contributed by atoms with van der Waals surface area (Å²) in [6, 6.07) is 20.6. The largest absolute Gasteiger partial charge is 0.243 e. The van der Waals surface area contributed by atoms with Gasteiger partial charge < -0.3 is 0 Å². The van der Waals surface area contributed by atoms with E-state index < -0.39 is 0 Å². The standard InChI is InChI=1S/C20H16N2S/c1-13-17-18(14(2)23-13)22-20(16-11-7-4-8-12-16)19(21-17)15-9-5-3-6-10-15/h3-12H,1-2H3. The van der Waals surface area contributed by atoms with E-state index in [-0.39, 0.29) is 0 Å². The Morgan fingerprint density at radius 3 is 1.39 bits per heavy atom. The van der Waals surface area contributed by atoms with E-state index in [2.05, 4.69) is 38.1 Å². The highest BCUT2D eigenvalue weighted by Gasteiger charge is 2.16. The molecule has 0 saturated heterocycles. The first-order valence-electron chi connectivity index (χ1n) is 7.62. The number of thiophene rings is 1. The van der Waals surface area contributed by atoms with Crippen molar-refractivity contribution < 1.29 is 0 Å². The normalized spacial score (nSPS) is 11.0. The smallest absolute Gasteiger partial charge is 0.103 e. The van der Waals surface area contributed by atoms with Gasteiger partial charge in [-0.3, -0.25) is 0 Å². The third kappa shape index (κ3) is 2.43. The predicted molar refractivity (Wildman–Crippen MR) is 97.8 cm³/mol. The molecular weight excluding hydrogens is 300 g/mol. The van der Waals surface area contributed by atoms with Crippen LogP contribution in [0.3, 0.4) is 0 Å². The van der Waals surface area contributed by atoms with Crippen LogP contribution in [0.15, 0.2) is 60.7 Å². The molecule has 23 heavy (non-hydrogen) atoms. The number of hydrogen-bond donors (Lipinski definition) is 0. The minimum absolute atomic E-state index is 0.949. The van der Waals surface area contributed by atoms with Gasteiger partial charge in [0.15, 0.2) is 0 Å². The highest BCUT2D eigenvalue weighted by atomic mass is 32.1. The lowest BCUT2D eigenvalue weighted by molar-refractivity contribution is 1.29. The SMILES string of the molecule is Cc1sc(C)c2nc(-c3ccccc3)c(-c3ccccc3)nc12. The van der Waals surface area contributed by atoms with Gasteiger partial charge in [-0.1, -0.05) is 60.7 Å². The van der Waals surface area contributed by atoms with Crippen molar-refractivity contribution in [3.8, 4) is 22.5 Å². The Bertz CT molecular complexity index is 893. The van der Waals surface area contributed by atoms with Gasteiger partial charge in [0, 0.05) is 20.9 Å². The maximum absolute atomic E-state index is 4.99. The van der Waals surface area contributed by atoms with Gasteiger partial charge in [0.2, 0.25) is 0 Å². The van der Waals surface area contributed by atoms with E-state index in [1.165, 1.54) is 9.75 Å². The zero-order valence-electron chi connectivity index (χ0n) is 13.1. The summed E-state index contributed by atoms with van der Waals surface area (Å²) >= 11 is 1.77. The first-order valence-corrected chi connectivity index (χ1v) is 8.44. The average Bonchev–Trinajstić information content (AvgIpc) is 2.89. The van der Waals surface area contributed by atoms with Gasteiger partial charge in [0.05, 0.1) is 11.4 Å². The maximum atomic E-state index is 4.99. The maximum Gasteiger partial charge on any atom is 0.103 e. The monoisotopic (exact) mass is 316 g/mol. The van der Waals surface area contributed by atoms with Crippen LogP contribution < -0.4 is 0 Å². The number of aryl methyl sites for hydroxylation is 2. The first kappa shape index (κ1) is 14.1. The molecule has 0 atom stereocenters. The number of aromatic nitrogens is 2. The predicted octanol–water partition coefficient (Wildman–Crippen LogP) is 5.64. The van der Waals surface area contributed by atoms with Gasteiger partial charge in [-0.25, -0.2) is 9.97 Å². The van der Waals surface area contributed by atoms with Crippen LogP contribution in [0.1, 0.15) is 9.75 Å². The lowest BCUT2D eigenvalue weighted by atomic mass is 10.0. The zero-order chi connectivity index (χ0) is 15.8. The quantitative estimate of drug-likeness (QED) is 0.478. The second kappa shape index (κ2) is 5.60. The minimum atomic E-state index is 0.949. The number of hydrogen-bond acceptors (Lipinski definition) is 3. The van der Waals surface area contributed by atoms with Gasteiger partial charge >= 0.3 is 0 Å². The van der Waals surface area contributed by atoms with E-state index in [1.54, 1.807) is 11.3 Å². The fourth-order valence-electron chi connectivity index (χ4n) is 2.85. The molecule has 112 valence electrons. The topological polar surface area (TPSA) is 25.8 Å². The third-order valence-electron chi connectivity index (χ3n) is 3.96. The summed E-state index contributed by atoms with van der Waals surface area (Å²) in [6.07, 6.45) is 0. The summed E-state index contributed by atoms with van der Waals surface area (Å²) in [4.78, 5) is 12.4. The van der Waals surface area contributed by atoms with Gasteiger partial charge in [-0.05, 0) is 13.8 Å². The van der Waals surface area contributed by atoms with Gasteiger partial charge in [0.25, 0.3) is 0 Å². The van der Waals surface area contributed by atoms with E-state index in [1.807, 2.05) is 36.4 Å². The highest BCUT2D eigenvalue weighted by Crippen LogP contribution is 2.35. The molecule has 0 N–H and O–H groups in total. The molecular formula is C20H16N2S. The van der Waals surface area contributed by atoms with Crippen molar-refractivity contribution in [3.63, 3.8) is 0 Å². The molecule has 0 saturated carbocycles. The number of nitrogens with zero attached hydrogens (tertiary/aromatic N) is 2. The van der Waals surface area contributed by atoms with E-state index >= 15 is 0 Å². The highest BCUT2D eigenvalue weighted by molar-refractivity contribution is 7.13. The van der Waals surface area contributed by atoms with Gasteiger partial charge in [-0.2, -0.15) is 0 Å². The molecule has 3 heteroatoms. The lowest BCUT2D eigenvalue weighted by Crippen LogP contribution is -1.95. The summed E-state index contributed by atoms with van der Waals surface area (Å²) in [6.45, 7) is 4.23. The minimum Gasteiger partial charge on any atom is -0.243 e. The van der Waals surface area contributed by atoms with Crippen LogP contribution in [0, 0.1) is 13.8 Å². The van der Waals surface area contributed by atoms with E-state index in [9.17, 15) is 0 Å². The molecule has 0 aliphatic carbocycles. The van der Waals surface area contributed by atoms with Crippen LogP contribution in [0.5, 0.6) is 0 Å².